The molecule has 0 bridgehead atoms. The topological polar surface area (TPSA) is 57.5 Å². The van der Waals surface area contributed by atoms with Crippen LogP contribution >= 0.6 is 0 Å². The summed E-state index contributed by atoms with van der Waals surface area (Å²) in [6.07, 6.45) is 1.23. The van der Waals surface area contributed by atoms with Gasteiger partial charge in [0.05, 0.1) is 0 Å². The molecule has 0 aliphatic heterocycles. The molecule has 1 aromatic carbocycles. The Morgan fingerprint density at radius 1 is 1.31 bits per heavy atom. The van der Waals surface area contributed by atoms with Crippen LogP contribution in [0.25, 0.3) is 6.08 Å². The van der Waals surface area contributed by atoms with E-state index in [0.717, 1.165) is 5.56 Å². The van der Waals surface area contributed by atoms with Crippen molar-refractivity contribution in [2.24, 2.45) is 0 Å². The van der Waals surface area contributed by atoms with Crippen LogP contribution in [0, 0.1) is 6.92 Å². The molecule has 0 amide bonds. The molecular formula is C10H10O3. The minimum atomic E-state index is -1.32. The van der Waals surface area contributed by atoms with E-state index in [1.807, 2.05) is 19.1 Å². The summed E-state index contributed by atoms with van der Waals surface area (Å²) >= 11 is 0. The lowest BCUT2D eigenvalue weighted by Crippen LogP contribution is -1.98. The zero-order valence-electron chi connectivity index (χ0n) is 7.19. The number of carboxylic acids is 1. The lowest BCUT2D eigenvalue weighted by molar-refractivity contribution is -0.135. The molecule has 0 aromatic heterocycles. The fraction of sp³-hybridized carbons (Fsp3) is 0.100. The van der Waals surface area contributed by atoms with Gasteiger partial charge in [-0.25, -0.2) is 4.79 Å². The van der Waals surface area contributed by atoms with Crippen molar-refractivity contribution in [2.75, 3.05) is 0 Å². The Labute approximate surface area is 76.0 Å². The van der Waals surface area contributed by atoms with Crippen LogP contribution in [0.2, 0.25) is 0 Å². The van der Waals surface area contributed by atoms with E-state index in [-0.39, 0.29) is 0 Å². The third-order valence-corrected chi connectivity index (χ3v) is 1.70. The Kier molecular flexibility index (Phi) is 2.69. The number of hydrogen-bond acceptors (Lipinski definition) is 2. The summed E-state index contributed by atoms with van der Waals surface area (Å²) in [5, 5.41) is 17.4. The first-order valence-corrected chi connectivity index (χ1v) is 3.81. The summed E-state index contributed by atoms with van der Waals surface area (Å²) in [7, 11) is 0. The van der Waals surface area contributed by atoms with Crippen LogP contribution < -0.4 is 0 Å². The van der Waals surface area contributed by atoms with Gasteiger partial charge in [-0.15, -0.1) is 0 Å². The van der Waals surface area contributed by atoms with Gasteiger partial charge in [-0.2, -0.15) is 0 Å². The number of rotatable bonds is 2. The smallest absolute Gasteiger partial charge is 0.370 e. The second kappa shape index (κ2) is 3.76. The van der Waals surface area contributed by atoms with Crippen LogP contribution in [0.3, 0.4) is 0 Å². The third-order valence-electron chi connectivity index (χ3n) is 1.70. The van der Waals surface area contributed by atoms with E-state index in [4.69, 9.17) is 10.2 Å². The maximum absolute atomic E-state index is 10.3. The number of aliphatic hydroxyl groups excluding tert-OH is 1. The predicted molar refractivity (Wildman–Crippen MR) is 49.4 cm³/mol. The second-order valence-corrected chi connectivity index (χ2v) is 2.69. The molecule has 3 nitrogen and oxygen atoms in total. The first-order valence-electron chi connectivity index (χ1n) is 3.81. The molecule has 0 radical (unpaired) electrons. The predicted octanol–water partition coefficient (Wildman–Crippen LogP) is 1.98. The Morgan fingerprint density at radius 3 is 2.46 bits per heavy atom. The Morgan fingerprint density at radius 2 is 1.92 bits per heavy atom. The molecule has 1 rings (SSSR count). The largest absolute Gasteiger partial charge is 0.502 e. The van der Waals surface area contributed by atoms with Crippen molar-refractivity contribution < 1.29 is 15.0 Å². The molecule has 0 atom stereocenters. The van der Waals surface area contributed by atoms with Crippen LogP contribution in [0.1, 0.15) is 11.1 Å². The molecule has 0 spiro atoms. The van der Waals surface area contributed by atoms with E-state index in [0.29, 0.717) is 5.56 Å². The molecule has 2 N–H and O–H groups in total. The van der Waals surface area contributed by atoms with E-state index in [1.54, 1.807) is 12.1 Å². The van der Waals surface area contributed by atoms with Crippen molar-refractivity contribution in [2.45, 2.75) is 6.92 Å². The van der Waals surface area contributed by atoms with Crippen molar-refractivity contribution in [3.63, 3.8) is 0 Å². The Bertz CT molecular complexity index is 353. The van der Waals surface area contributed by atoms with Gasteiger partial charge in [0.15, 0.2) is 0 Å². The summed E-state index contributed by atoms with van der Waals surface area (Å²) in [6, 6.07) is 7.23. The first kappa shape index (κ1) is 9.32. The highest BCUT2D eigenvalue weighted by Gasteiger charge is 2.03. The van der Waals surface area contributed by atoms with Crippen LogP contribution in [-0.4, -0.2) is 16.2 Å². The molecule has 0 unspecified atom stereocenters. The van der Waals surface area contributed by atoms with E-state index >= 15 is 0 Å². The van der Waals surface area contributed by atoms with Crippen molar-refractivity contribution in [1.82, 2.24) is 0 Å². The van der Waals surface area contributed by atoms with E-state index in [2.05, 4.69) is 0 Å². The summed E-state index contributed by atoms with van der Waals surface area (Å²) < 4.78 is 0. The second-order valence-electron chi connectivity index (χ2n) is 2.69. The average molecular weight is 178 g/mol. The van der Waals surface area contributed by atoms with Crippen molar-refractivity contribution in [1.29, 1.82) is 0 Å². The number of aryl methyl sites for hydroxylation is 1. The summed E-state index contributed by atoms with van der Waals surface area (Å²) in [5.41, 5.74) is 1.64. The maximum Gasteiger partial charge on any atom is 0.370 e. The summed E-state index contributed by atoms with van der Waals surface area (Å²) in [4.78, 5) is 10.3. The molecular weight excluding hydrogens is 168 g/mol. The minimum absolute atomic E-state index is 0.644. The molecule has 0 saturated carbocycles. The monoisotopic (exact) mass is 178 g/mol. The molecule has 1 aromatic rings. The Balaban J connectivity index is 3.04. The van der Waals surface area contributed by atoms with Crippen LogP contribution in [0.5, 0.6) is 0 Å². The van der Waals surface area contributed by atoms with Crippen molar-refractivity contribution >= 4 is 12.0 Å². The van der Waals surface area contributed by atoms with E-state index in [9.17, 15) is 4.79 Å². The van der Waals surface area contributed by atoms with Crippen LogP contribution in [0.4, 0.5) is 0 Å². The van der Waals surface area contributed by atoms with Crippen molar-refractivity contribution in [3.8, 4) is 0 Å². The molecule has 3 heteroatoms. The summed E-state index contributed by atoms with van der Waals surface area (Å²) in [6.45, 7) is 1.85. The molecule has 0 aliphatic carbocycles. The third kappa shape index (κ3) is 2.33. The highest BCUT2D eigenvalue weighted by molar-refractivity contribution is 5.89. The number of aliphatic carboxylic acids is 1. The molecule has 0 fully saturated rings. The number of carboxylic acid groups (broad SMARTS) is 1. The first-order chi connectivity index (χ1) is 6.11. The molecule has 0 heterocycles. The number of aliphatic hydroxyl groups is 1. The van der Waals surface area contributed by atoms with E-state index < -0.39 is 11.7 Å². The average Bonchev–Trinajstić information content (AvgIpc) is 2.08. The standard InChI is InChI=1S/C10H10O3/c1-7-4-2-3-5-8(7)6-9(11)10(12)13/h2-6,11H,1H3,(H,12,13). The zero-order valence-corrected chi connectivity index (χ0v) is 7.19. The Hall–Kier alpha value is -1.77. The summed E-state index contributed by atoms with van der Waals surface area (Å²) in [5.74, 6) is -1.96. The van der Waals surface area contributed by atoms with Gasteiger partial charge >= 0.3 is 5.97 Å². The molecule has 68 valence electrons. The molecule has 13 heavy (non-hydrogen) atoms. The fourth-order valence-corrected chi connectivity index (χ4v) is 0.958. The van der Waals surface area contributed by atoms with Gasteiger partial charge in [0.25, 0.3) is 0 Å². The molecule has 0 saturated heterocycles. The maximum atomic E-state index is 10.3. The minimum Gasteiger partial charge on any atom is -0.502 e. The number of carbonyl (C=O) groups is 1. The van der Waals surface area contributed by atoms with Crippen molar-refractivity contribution in [3.05, 3.63) is 41.2 Å². The fourth-order valence-electron chi connectivity index (χ4n) is 0.958. The van der Waals surface area contributed by atoms with E-state index in [1.165, 1.54) is 6.08 Å². The quantitative estimate of drug-likeness (QED) is 0.537. The normalized spacial score (nSPS) is 11.3. The van der Waals surface area contributed by atoms with Gasteiger partial charge in [0.1, 0.15) is 0 Å². The highest BCUT2D eigenvalue weighted by atomic mass is 16.4. The van der Waals surface area contributed by atoms with Gasteiger partial charge in [-0.3, -0.25) is 0 Å². The highest BCUT2D eigenvalue weighted by Crippen LogP contribution is 2.10. The van der Waals surface area contributed by atoms with Gasteiger partial charge in [-0.1, -0.05) is 24.3 Å². The SMILES string of the molecule is Cc1ccccc1C=C(O)C(=O)O. The number of benzene rings is 1. The van der Waals surface area contributed by atoms with Gasteiger partial charge in [0, 0.05) is 0 Å². The zero-order chi connectivity index (χ0) is 9.84. The number of hydrogen-bond donors (Lipinski definition) is 2. The van der Waals surface area contributed by atoms with Gasteiger partial charge in [-0.05, 0) is 24.1 Å². The molecule has 0 aliphatic rings. The van der Waals surface area contributed by atoms with Gasteiger partial charge in [0.2, 0.25) is 5.76 Å². The lowest BCUT2D eigenvalue weighted by atomic mass is 10.1. The van der Waals surface area contributed by atoms with Crippen LogP contribution in [-0.2, 0) is 4.79 Å². The van der Waals surface area contributed by atoms with Crippen LogP contribution in [0.15, 0.2) is 30.0 Å². The lowest BCUT2D eigenvalue weighted by Gasteiger charge is -1.98. The van der Waals surface area contributed by atoms with Gasteiger partial charge < -0.3 is 10.2 Å².